The van der Waals surface area contributed by atoms with Gasteiger partial charge in [-0.25, -0.2) is 4.79 Å². The number of nitrogens with zero attached hydrogens (tertiary/aromatic N) is 2. The number of nitrogens with one attached hydrogen (secondary N) is 2. The zero-order chi connectivity index (χ0) is 14.7. The molecule has 2 aromatic rings. The molecule has 0 aliphatic carbocycles. The van der Waals surface area contributed by atoms with Crippen molar-refractivity contribution in [2.75, 3.05) is 10.6 Å². The van der Waals surface area contributed by atoms with Crippen molar-refractivity contribution in [3.8, 4) is 0 Å². The van der Waals surface area contributed by atoms with E-state index in [4.69, 9.17) is 29.6 Å². The lowest BCUT2D eigenvalue weighted by molar-refractivity contribution is 0.262. The van der Waals surface area contributed by atoms with Crippen molar-refractivity contribution in [1.82, 2.24) is 9.78 Å². The smallest absolute Gasteiger partial charge is 0.324 e. The van der Waals surface area contributed by atoms with Gasteiger partial charge in [-0.05, 0) is 18.2 Å². The van der Waals surface area contributed by atoms with E-state index in [-0.39, 0.29) is 4.99 Å². The van der Waals surface area contributed by atoms with Gasteiger partial charge in [0.25, 0.3) is 0 Å². The number of carbonyl (C=O) groups excluding carboxylic acids is 1. The van der Waals surface area contributed by atoms with E-state index < -0.39 is 6.03 Å². The van der Waals surface area contributed by atoms with Crippen LogP contribution in [0, 0.1) is 0 Å². The fraction of sp³-hybridized carbons (Fsp3) is 0.0833. The third-order valence-electron chi connectivity index (χ3n) is 2.52. The van der Waals surface area contributed by atoms with Crippen molar-refractivity contribution >= 4 is 46.3 Å². The molecule has 0 spiro atoms. The number of nitrogens with two attached hydrogens (primary N) is 1. The summed E-state index contributed by atoms with van der Waals surface area (Å²) in [5.74, 6) is 0.428. The summed E-state index contributed by atoms with van der Waals surface area (Å²) in [4.78, 5) is 12.1. The Morgan fingerprint density at radius 2 is 2.20 bits per heavy atom. The Balaban J connectivity index is 2.12. The Morgan fingerprint density at radius 3 is 2.85 bits per heavy atom. The summed E-state index contributed by atoms with van der Waals surface area (Å²) < 4.78 is 1.48. The first-order valence-electron chi connectivity index (χ1n) is 5.62. The molecule has 4 N–H and O–H groups in total. The fourth-order valence-electron chi connectivity index (χ4n) is 1.60. The number of aryl methyl sites for hydroxylation is 1. The van der Waals surface area contributed by atoms with Gasteiger partial charge in [0.1, 0.15) is 10.8 Å². The number of benzene rings is 1. The molecule has 20 heavy (non-hydrogen) atoms. The molecule has 0 aliphatic heterocycles. The highest BCUT2D eigenvalue weighted by molar-refractivity contribution is 7.80. The molecular weight excluding hydrogens is 298 g/mol. The van der Waals surface area contributed by atoms with E-state index in [1.54, 1.807) is 31.3 Å². The van der Waals surface area contributed by atoms with Gasteiger partial charge in [-0.15, -0.1) is 0 Å². The molecule has 2 rings (SSSR count). The van der Waals surface area contributed by atoms with Crippen molar-refractivity contribution in [3.05, 3.63) is 41.0 Å². The van der Waals surface area contributed by atoms with Gasteiger partial charge >= 0.3 is 6.03 Å². The Hall–Kier alpha value is -2.12. The maximum absolute atomic E-state index is 11.9. The third-order valence-corrected chi connectivity index (χ3v) is 2.97. The quantitative estimate of drug-likeness (QED) is 0.760. The minimum absolute atomic E-state index is 0.163. The molecular formula is C12H12ClN5OS. The largest absolute Gasteiger partial charge is 0.389 e. The van der Waals surface area contributed by atoms with Crippen molar-refractivity contribution in [1.29, 1.82) is 0 Å². The third kappa shape index (κ3) is 3.25. The number of rotatable bonds is 3. The fourth-order valence-corrected chi connectivity index (χ4v) is 1.94. The van der Waals surface area contributed by atoms with Crippen LogP contribution in [0.2, 0.25) is 5.02 Å². The first-order valence-corrected chi connectivity index (χ1v) is 6.41. The Bertz CT molecular complexity index is 670. The first-order chi connectivity index (χ1) is 9.47. The lowest BCUT2D eigenvalue weighted by atomic mass is 10.3. The van der Waals surface area contributed by atoms with Gasteiger partial charge in [-0.2, -0.15) is 5.10 Å². The van der Waals surface area contributed by atoms with E-state index in [1.165, 1.54) is 10.9 Å². The molecule has 0 fully saturated rings. The number of amides is 2. The highest BCUT2D eigenvalue weighted by atomic mass is 35.5. The van der Waals surface area contributed by atoms with E-state index >= 15 is 0 Å². The molecule has 104 valence electrons. The van der Waals surface area contributed by atoms with Crippen LogP contribution in [0.1, 0.15) is 5.56 Å². The molecule has 1 aromatic carbocycles. The van der Waals surface area contributed by atoms with Crippen LogP contribution >= 0.6 is 23.8 Å². The summed E-state index contributed by atoms with van der Waals surface area (Å²) in [6.07, 6.45) is 1.50. The number of aromatic nitrogens is 2. The minimum Gasteiger partial charge on any atom is -0.389 e. The van der Waals surface area contributed by atoms with Crippen LogP contribution < -0.4 is 16.4 Å². The zero-order valence-electron chi connectivity index (χ0n) is 10.6. The van der Waals surface area contributed by atoms with Gasteiger partial charge in [0, 0.05) is 17.8 Å². The summed E-state index contributed by atoms with van der Waals surface area (Å²) in [6.45, 7) is 0. The number of hydrogen-bond donors (Lipinski definition) is 3. The maximum Gasteiger partial charge on any atom is 0.324 e. The van der Waals surface area contributed by atoms with Crippen LogP contribution in [0.3, 0.4) is 0 Å². The van der Waals surface area contributed by atoms with Gasteiger partial charge in [-0.3, -0.25) is 10.00 Å². The molecule has 0 saturated carbocycles. The first kappa shape index (κ1) is 14.3. The van der Waals surface area contributed by atoms with E-state index in [0.717, 1.165) is 0 Å². The SMILES string of the molecule is Cn1ncc(C(N)=S)c1NC(=O)Nc1cccc(Cl)c1. The van der Waals surface area contributed by atoms with Crippen LogP contribution in [0.5, 0.6) is 0 Å². The maximum atomic E-state index is 11.9. The number of hydrogen-bond acceptors (Lipinski definition) is 3. The summed E-state index contributed by atoms with van der Waals surface area (Å²) in [5, 5.41) is 9.83. The van der Waals surface area contributed by atoms with Crippen LogP contribution in [0.25, 0.3) is 0 Å². The molecule has 0 aliphatic rings. The Kier molecular flexibility index (Phi) is 4.21. The van der Waals surface area contributed by atoms with E-state index in [2.05, 4.69) is 15.7 Å². The molecule has 8 heteroatoms. The number of carbonyl (C=O) groups is 1. The summed E-state index contributed by atoms with van der Waals surface area (Å²) in [6, 6.07) is 6.38. The monoisotopic (exact) mass is 309 g/mol. The van der Waals surface area contributed by atoms with E-state index in [9.17, 15) is 4.79 Å². The van der Waals surface area contributed by atoms with Crippen LogP contribution in [-0.2, 0) is 7.05 Å². The second-order valence-electron chi connectivity index (χ2n) is 3.98. The van der Waals surface area contributed by atoms with Gasteiger partial charge in [-0.1, -0.05) is 29.9 Å². The Morgan fingerprint density at radius 1 is 1.45 bits per heavy atom. The molecule has 1 aromatic heterocycles. The van der Waals surface area contributed by atoms with Gasteiger partial charge in [0.15, 0.2) is 0 Å². The molecule has 6 nitrogen and oxygen atoms in total. The number of thiocarbonyl (C=S) groups is 1. The summed E-state index contributed by atoms with van der Waals surface area (Å²) >= 11 is 10.7. The molecule has 0 unspecified atom stereocenters. The molecule has 2 amide bonds. The molecule has 1 heterocycles. The van der Waals surface area contributed by atoms with E-state index in [1.807, 2.05) is 0 Å². The number of urea groups is 1. The number of anilines is 2. The van der Waals surface area contributed by atoms with Crippen LogP contribution in [0.15, 0.2) is 30.5 Å². The predicted octanol–water partition coefficient (Wildman–Crippen LogP) is 2.35. The summed E-state index contributed by atoms with van der Waals surface area (Å²) in [7, 11) is 1.68. The second-order valence-corrected chi connectivity index (χ2v) is 4.86. The van der Waals surface area contributed by atoms with Crippen LogP contribution in [-0.4, -0.2) is 20.8 Å². The minimum atomic E-state index is -0.437. The van der Waals surface area contributed by atoms with Crippen LogP contribution in [0.4, 0.5) is 16.3 Å². The lowest BCUT2D eigenvalue weighted by Gasteiger charge is -2.09. The number of halogens is 1. The van der Waals surface area contributed by atoms with Crippen molar-refractivity contribution in [3.63, 3.8) is 0 Å². The highest BCUT2D eigenvalue weighted by Gasteiger charge is 2.13. The second kappa shape index (κ2) is 5.89. The zero-order valence-corrected chi connectivity index (χ0v) is 12.1. The van der Waals surface area contributed by atoms with Crippen molar-refractivity contribution in [2.24, 2.45) is 12.8 Å². The van der Waals surface area contributed by atoms with Gasteiger partial charge < -0.3 is 11.1 Å². The topological polar surface area (TPSA) is 85.0 Å². The van der Waals surface area contributed by atoms with Gasteiger partial charge in [0.2, 0.25) is 0 Å². The average Bonchev–Trinajstić information content (AvgIpc) is 2.71. The molecule has 0 radical (unpaired) electrons. The van der Waals surface area contributed by atoms with Crippen molar-refractivity contribution in [2.45, 2.75) is 0 Å². The highest BCUT2D eigenvalue weighted by Crippen LogP contribution is 2.17. The predicted molar refractivity (Wildman–Crippen MR) is 83.2 cm³/mol. The average molecular weight is 310 g/mol. The lowest BCUT2D eigenvalue weighted by Crippen LogP contribution is -2.23. The Labute approximate surface area is 125 Å². The molecule has 0 bridgehead atoms. The summed E-state index contributed by atoms with van der Waals surface area (Å²) in [5.41, 5.74) is 6.65. The van der Waals surface area contributed by atoms with Crippen molar-refractivity contribution < 1.29 is 4.79 Å². The van der Waals surface area contributed by atoms with E-state index in [0.29, 0.717) is 22.1 Å². The standard InChI is InChI=1S/C12H12ClN5OS/c1-18-11(9(6-15-18)10(14)20)17-12(19)16-8-4-2-3-7(13)5-8/h2-6H,1H3,(H2,14,20)(H2,16,17,19). The van der Waals surface area contributed by atoms with Gasteiger partial charge in [0.05, 0.1) is 11.8 Å². The molecule has 0 saturated heterocycles. The normalized spacial score (nSPS) is 10.1. The molecule has 0 atom stereocenters.